The number of hydrogen-bond acceptors (Lipinski definition) is 3. The van der Waals surface area contributed by atoms with Gasteiger partial charge in [0.05, 0.1) is 11.9 Å². The van der Waals surface area contributed by atoms with E-state index in [9.17, 15) is 0 Å². The van der Waals surface area contributed by atoms with Gasteiger partial charge in [0, 0.05) is 6.20 Å². The highest BCUT2D eigenvalue weighted by Gasteiger charge is 1.85. The number of hydrogen-bond donors (Lipinski definition) is 2. The fourth-order valence-corrected chi connectivity index (χ4v) is 1.08. The predicted octanol–water partition coefficient (Wildman–Crippen LogP) is 3.60. The second-order valence-electron chi connectivity index (χ2n) is 2.96. The Morgan fingerprint density at radius 1 is 1.44 bits per heavy atom. The molecule has 0 aliphatic rings. The molecule has 0 heterocycles. The molecular formula is C13H18N2S. The number of aliphatic imine (C=N–C) groups is 1. The largest absolute Gasteiger partial charge is 0.361 e. The lowest BCUT2D eigenvalue weighted by molar-refractivity contribution is 1.15. The summed E-state index contributed by atoms with van der Waals surface area (Å²) in [5, 5.41) is 4.67. The van der Waals surface area contributed by atoms with E-state index < -0.39 is 0 Å². The average Bonchev–Trinajstić information content (AvgIpc) is 2.26. The van der Waals surface area contributed by atoms with Crippen molar-refractivity contribution in [2.75, 3.05) is 0 Å². The standard InChI is InChI=1S/C13H18N2S/c1-4-6-7-13(15-5-2)11-14-10-12(3)8-9-16/h4-11,15-16H,2H2,1,3H3/b6-4-,9-8-,12-10+,13-7+,14-11+. The molecule has 0 aliphatic carbocycles. The van der Waals surface area contributed by atoms with Crippen molar-refractivity contribution in [3.05, 3.63) is 60.0 Å². The summed E-state index contributed by atoms with van der Waals surface area (Å²) in [6.45, 7) is 7.52. The Hall–Kier alpha value is -1.48. The first-order valence-electron chi connectivity index (χ1n) is 4.95. The molecule has 0 spiro atoms. The molecule has 0 aromatic carbocycles. The van der Waals surface area contributed by atoms with E-state index in [0.29, 0.717) is 0 Å². The lowest BCUT2D eigenvalue weighted by Gasteiger charge is -1.97. The van der Waals surface area contributed by atoms with Crippen LogP contribution in [0.15, 0.2) is 65.0 Å². The van der Waals surface area contributed by atoms with Crippen LogP contribution in [0.2, 0.25) is 0 Å². The SMILES string of the molecule is C=CNC(/C=N/C=C(C)/C=C\S)=C/C=C\C. The van der Waals surface area contributed by atoms with E-state index in [0.717, 1.165) is 11.3 Å². The average molecular weight is 234 g/mol. The number of rotatable bonds is 6. The van der Waals surface area contributed by atoms with Crippen LogP contribution in [0, 0.1) is 0 Å². The van der Waals surface area contributed by atoms with Gasteiger partial charge in [-0.3, -0.25) is 4.99 Å². The van der Waals surface area contributed by atoms with E-state index >= 15 is 0 Å². The van der Waals surface area contributed by atoms with Gasteiger partial charge in [-0.2, -0.15) is 12.6 Å². The summed E-state index contributed by atoms with van der Waals surface area (Å²) in [6, 6.07) is 0. The van der Waals surface area contributed by atoms with Crippen LogP contribution in [0.1, 0.15) is 13.8 Å². The zero-order chi connectivity index (χ0) is 12.2. The summed E-state index contributed by atoms with van der Waals surface area (Å²) in [5.41, 5.74) is 1.92. The maximum atomic E-state index is 4.18. The molecule has 16 heavy (non-hydrogen) atoms. The Morgan fingerprint density at radius 2 is 2.19 bits per heavy atom. The van der Waals surface area contributed by atoms with Gasteiger partial charge in [-0.15, -0.1) is 0 Å². The molecule has 0 saturated heterocycles. The van der Waals surface area contributed by atoms with Crippen LogP contribution in [0.5, 0.6) is 0 Å². The van der Waals surface area contributed by atoms with E-state index in [-0.39, 0.29) is 0 Å². The van der Waals surface area contributed by atoms with E-state index in [1.54, 1.807) is 24.0 Å². The normalized spacial score (nSPS) is 14.2. The zero-order valence-corrected chi connectivity index (χ0v) is 10.6. The third-order valence-electron chi connectivity index (χ3n) is 1.57. The van der Waals surface area contributed by atoms with Crippen molar-refractivity contribution in [3.63, 3.8) is 0 Å². The van der Waals surface area contributed by atoms with Gasteiger partial charge in [-0.25, -0.2) is 0 Å². The molecule has 0 radical (unpaired) electrons. The highest BCUT2D eigenvalue weighted by Crippen LogP contribution is 1.96. The maximum absolute atomic E-state index is 4.18. The predicted molar refractivity (Wildman–Crippen MR) is 76.6 cm³/mol. The fourth-order valence-electron chi connectivity index (χ4n) is 0.842. The van der Waals surface area contributed by atoms with Gasteiger partial charge in [0.25, 0.3) is 0 Å². The summed E-state index contributed by atoms with van der Waals surface area (Å²) < 4.78 is 0. The van der Waals surface area contributed by atoms with Gasteiger partial charge in [0.2, 0.25) is 0 Å². The molecule has 0 unspecified atom stereocenters. The van der Waals surface area contributed by atoms with Crippen molar-refractivity contribution in [1.82, 2.24) is 5.32 Å². The molecule has 0 fully saturated rings. The number of nitrogens with zero attached hydrogens (tertiary/aromatic N) is 1. The van der Waals surface area contributed by atoms with Crippen molar-refractivity contribution in [2.24, 2.45) is 4.99 Å². The van der Waals surface area contributed by atoms with Gasteiger partial charge < -0.3 is 5.32 Å². The minimum Gasteiger partial charge on any atom is -0.361 e. The molecule has 0 aliphatic heterocycles. The first-order chi connectivity index (χ1) is 7.74. The molecule has 0 aromatic rings. The monoisotopic (exact) mass is 234 g/mol. The van der Waals surface area contributed by atoms with Crippen molar-refractivity contribution in [1.29, 1.82) is 0 Å². The van der Waals surface area contributed by atoms with Crippen LogP contribution in [0.25, 0.3) is 0 Å². The molecule has 0 aromatic heterocycles. The van der Waals surface area contributed by atoms with Gasteiger partial charge in [0.15, 0.2) is 0 Å². The smallest absolute Gasteiger partial charge is 0.0565 e. The summed E-state index contributed by atoms with van der Waals surface area (Å²) in [4.78, 5) is 4.18. The maximum Gasteiger partial charge on any atom is 0.0565 e. The molecule has 1 N–H and O–H groups in total. The summed E-state index contributed by atoms with van der Waals surface area (Å²) in [5.74, 6) is 0. The summed E-state index contributed by atoms with van der Waals surface area (Å²) in [7, 11) is 0. The lowest BCUT2D eigenvalue weighted by atomic mass is 10.3. The number of nitrogens with one attached hydrogen (secondary N) is 1. The van der Waals surface area contributed by atoms with E-state index in [1.165, 1.54) is 0 Å². The Bertz CT molecular complexity index is 347. The topological polar surface area (TPSA) is 24.4 Å². The van der Waals surface area contributed by atoms with Crippen LogP contribution >= 0.6 is 12.6 Å². The van der Waals surface area contributed by atoms with Crippen LogP contribution in [0.3, 0.4) is 0 Å². The Labute approximate surface area is 103 Å². The molecule has 0 bridgehead atoms. The van der Waals surface area contributed by atoms with Crippen molar-refractivity contribution in [3.8, 4) is 0 Å². The minimum atomic E-state index is 0.881. The minimum absolute atomic E-state index is 0.881. The van der Waals surface area contributed by atoms with Gasteiger partial charge in [0.1, 0.15) is 0 Å². The molecule has 0 rings (SSSR count). The molecule has 2 nitrogen and oxygen atoms in total. The van der Waals surface area contributed by atoms with Crippen LogP contribution in [-0.2, 0) is 0 Å². The fraction of sp³-hybridized carbons (Fsp3) is 0.154. The molecule has 0 amide bonds. The first-order valence-corrected chi connectivity index (χ1v) is 5.47. The molecular weight excluding hydrogens is 216 g/mol. The lowest BCUT2D eigenvalue weighted by Crippen LogP contribution is -2.04. The summed E-state index contributed by atoms with van der Waals surface area (Å²) >= 11 is 3.98. The Balaban J connectivity index is 4.56. The van der Waals surface area contributed by atoms with Crippen molar-refractivity contribution in [2.45, 2.75) is 13.8 Å². The zero-order valence-electron chi connectivity index (χ0n) is 9.72. The van der Waals surface area contributed by atoms with E-state index in [4.69, 9.17) is 0 Å². The van der Waals surface area contributed by atoms with E-state index in [1.807, 2.05) is 38.2 Å². The van der Waals surface area contributed by atoms with Crippen LogP contribution < -0.4 is 5.32 Å². The van der Waals surface area contributed by atoms with E-state index in [2.05, 4.69) is 29.5 Å². The highest BCUT2D eigenvalue weighted by atomic mass is 32.1. The molecule has 3 heteroatoms. The first kappa shape index (κ1) is 14.5. The Morgan fingerprint density at radius 3 is 2.75 bits per heavy atom. The third-order valence-corrected chi connectivity index (χ3v) is 1.72. The number of allylic oxidation sites excluding steroid dienone is 6. The third kappa shape index (κ3) is 7.88. The number of thiol groups is 1. The van der Waals surface area contributed by atoms with Gasteiger partial charge >= 0.3 is 0 Å². The van der Waals surface area contributed by atoms with Crippen LogP contribution in [-0.4, -0.2) is 6.21 Å². The van der Waals surface area contributed by atoms with Crippen LogP contribution in [0.4, 0.5) is 0 Å². The van der Waals surface area contributed by atoms with Gasteiger partial charge in [-0.05, 0) is 37.1 Å². The highest BCUT2D eigenvalue weighted by molar-refractivity contribution is 7.83. The second kappa shape index (κ2) is 10.1. The Kier molecular flexibility index (Phi) is 9.12. The summed E-state index contributed by atoms with van der Waals surface area (Å²) in [6.07, 6.45) is 12.8. The molecule has 0 atom stereocenters. The second-order valence-corrected chi connectivity index (χ2v) is 3.26. The quantitative estimate of drug-likeness (QED) is 0.409. The van der Waals surface area contributed by atoms with Gasteiger partial charge in [-0.1, -0.05) is 24.8 Å². The molecule has 86 valence electrons. The molecule has 0 saturated carbocycles. The van der Waals surface area contributed by atoms with Crippen molar-refractivity contribution >= 4 is 18.8 Å². The van der Waals surface area contributed by atoms with Crippen molar-refractivity contribution < 1.29 is 0 Å².